The Kier molecular flexibility index (Phi) is 4.76. The van der Waals surface area contributed by atoms with Crippen LogP contribution in [0.3, 0.4) is 0 Å². The summed E-state index contributed by atoms with van der Waals surface area (Å²) >= 11 is 0. The van der Waals surface area contributed by atoms with Crippen LogP contribution >= 0.6 is 0 Å². The Morgan fingerprint density at radius 2 is 1.79 bits per heavy atom. The van der Waals surface area contributed by atoms with Crippen LogP contribution in [0.5, 0.6) is 5.75 Å². The first-order valence-corrected chi connectivity index (χ1v) is 9.09. The molecule has 2 aromatic heterocycles. The number of nitrogens with one attached hydrogen (secondary N) is 1. The van der Waals surface area contributed by atoms with Crippen LogP contribution in [0.1, 0.15) is 22.8 Å². The number of amides is 1. The molecule has 6 heteroatoms. The first kappa shape index (κ1) is 17.7. The molecular weight excluding hydrogens is 352 g/mol. The van der Waals surface area contributed by atoms with Crippen LogP contribution < -0.4 is 10.1 Å². The smallest absolute Gasteiger partial charge is 0.258 e. The van der Waals surface area contributed by atoms with Gasteiger partial charge in [0, 0.05) is 11.1 Å². The lowest BCUT2D eigenvalue weighted by Crippen LogP contribution is -2.13. The Bertz CT molecular complexity index is 1120. The highest BCUT2D eigenvalue weighted by Crippen LogP contribution is 2.27. The highest BCUT2D eigenvalue weighted by atomic mass is 16.5. The zero-order valence-electron chi connectivity index (χ0n) is 15.7. The number of hydrogen-bond acceptors (Lipinski definition) is 4. The molecule has 0 fully saturated rings. The number of aromatic nitrogens is 3. The molecule has 140 valence electrons. The van der Waals surface area contributed by atoms with Crippen LogP contribution in [0.15, 0.2) is 66.7 Å². The molecule has 1 N–H and O–H groups in total. The summed E-state index contributed by atoms with van der Waals surface area (Å²) in [4.78, 5) is 17.0. The summed E-state index contributed by atoms with van der Waals surface area (Å²) in [5.41, 5.74) is 4.14. The molecule has 0 saturated carbocycles. The summed E-state index contributed by atoms with van der Waals surface area (Å²) < 4.78 is 7.10. The average molecular weight is 372 g/mol. The van der Waals surface area contributed by atoms with Crippen molar-refractivity contribution in [2.24, 2.45) is 0 Å². The fraction of sp³-hybridized carbons (Fsp3) is 0.136. The highest BCUT2D eigenvalue weighted by Gasteiger charge is 2.15. The van der Waals surface area contributed by atoms with E-state index in [4.69, 9.17) is 4.74 Å². The molecule has 4 aromatic rings. The number of carbonyl (C=O) groups is 1. The van der Waals surface area contributed by atoms with Gasteiger partial charge in [0.15, 0.2) is 11.4 Å². The second-order valence-electron chi connectivity index (χ2n) is 6.33. The third-order valence-corrected chi connectivity index (χ3v) is 4.59. The molecule has 1 amide bonds. The van der Waals surface area contributed by atoms with Crippen molar-refractivity contribution in [2.75, 3.05) is 12.4 Å². The predicted octanol–water partition coefficient (Wildman–Crippen LogP) is 4.22. The van der Waals surface area contributed by atoms with Gasteiger partial charge in [-0.05, 0) is 36.2 Å². The first-order chi connectivity index (χ1) is 13.7. The Labute approximate surface area is 162 Å². The number of benzene rings is 2. The summed E-state index contributed by atoms with van der Waals surface area (Å²) in [5, 5.41) is 7.27. The molecule has 2 aromatic carbocycles. The second kappa shape index (κ2) is 7.52. The van der Waals surface area contributed by atoms with E-state index in [9.17, 15) is 4.79 Å². The molecule has 2 heterocycles. The SMILES string of the molecule is CCc1ccc(C(=O)Nc2nc3c(OC)ccc(-c4ccccc4)n3n2)cc1. The summed E-state index contributed by atoms with van der Waals surface area (Å²) in [7, 11) is 1.58. The third kappa shape index (κ3) is 3.32. The van der Waals surface area contributed by atoms with Crippen LogP contribution in [-0.4, -0.2) is 27.6 Å². The number of nitrogens with zero attached hydrogens (tertiary/aromatic N) is 3. The van der Waals surface area contributed by atoms with Gasteiger partial charge in [-0.3, -0.25) is 10.1 Å². The van der Waals surface area contributed by atoms with Crippen molar-refractivity contribution >= 4 is 17.5 Å². The van der Waals surface area contributed by atoms with E-state index in [0.717, 1.165) is 17.7 Å². The van der Waals surface area contributed by atoms with Crippen LogP contribution in [0, 0.1) is 0 Å². The van der Waals surface area contributed by atoms with Crippen LogP contribution in [0.4, 0.5) is 5.95 Å². The van der Waals surface area contributed by atoms with Gasteiger partial charge in [0.05, 0.1) is 12.8 Å². The Morgan fingerprint density at radius 1 is 1.04 bits per heavy atom. The van der Waals surface area contributed by atoms with Crippen LogP contribution in [0.2, 0.25) is 0 Å². The van der Waals surface area contributed by atoms with Crippen molar-refractivity contribution in [2.45, 2.75) is 13.3 Å². The molecule has 0 aliphatic rings. The van der Waals surface area contributed by atoms with Crippen molar-refractivity contribution in [3.05, 3.63) is 77.9 Å². The number of pyridine rings is 1. The summed E-state index contributed by atoms with van der Waals surface area (Å²) in [6, 6.07) is 21.2. The van der Waals surface area contributed by atoms with Crippen molar-refractivity contribution in [1.29, 1.82) is 0 Å². The van der Waals surface area contributed by atoms with E-state index in [1.807, 2.05) is 54.6 Å². The van der Waals surface area contributed by atoms with E-state index >= 15 is 0 Å². The van der Waals surface area contributed by atoms with E-state index in [1.54, 1.807) is 23.8 Å². The number of fused-ring (bicyclic) bond motifs is 1. The fourth-order valence-corrected chi connectivity index (χ4v) is 3.04. The third-order valence-electron chi connectivity index (χ3n) is 4.59. The number of methoxy groups -OCH3 is 1. The largest absolute Gasteiger partial charge is 0.493 e. The van der Waals surface area contributed by atoms with Gasteiger partial charge in [0.2, 0.25) is 5.95 Å². The number of rotatable bonds is 5. The molecule has 4 rings (SSSR count). The molecule has 28 heavy (non-hydrogen) atoms. The molecule has 0 unspecified atom stereocenters. The summed E-state index contributed by atoms with van der Waals surface area (Å²) in [6.07, 6.45) is 0.929. The molecule has 0 bridgehead atoms. The Hall–Kier alpha value is -3.67. The van der Waals surface area contributed by atoms with Gasteiger partial charge in [-0.2, -0.15) is 4.98 Å². The average Bonchev–Trinajstić information content (AvgIpc) is 3.17. The van der Waals surface area contributed by atoms with Crippen molar-refractivity contribution in [1.82, 2.24) is 14.6 Å². The zero-order chi connectivity index (χ0) is 19.5. The van der Waals surface area contributed by atoms with E-state index in [0.29, 0.717) is 17.0 Å². The lowest BCUT2D eigenvalue weighted by molar-refractivity contribution is 0.102. The maximum atomic E-state index is 12.6. The van der Waals surface area contributed by atoms with Gasteiger partial charge in [0.25, 0.3) is 5.91 Å². The molecular formula is C22H20N4O2. The molecule has 6 nitrogen and oxygen atoms in total. The molecule has 0 radical (unpaired) electrons. The highest BCUT2D eigenvalue weighted by molar-refractivity contribution is 6.03. The second-order valence-corrected chi connectivity index (χ2v) is 6.33. The maximum Gasteiger partial charge on any atom is 0.258 e. The minimum atomic E-state index is -0.251. The summed E-state index contributed by atoms with van der Waals surface area (Å²) in [6.45, 7) is 2.08. The van der Waals surface area contributed by atoms with Gasteiger partial charge in [0.1, 0.15) is 0 Å². The van der Waals surface area contributed by atoms with Crippen LogP contribution in [0.25, 0.3) is 16.9 Å². The molecule has 0 saturated heterocycles. The van der Waals surface area contributed by atoms with Gasteiger partial charge < -0.3 is 4.74 Å². The zero-order valence-corrected chi connectivity index (χ0v) is 15.7. The molecule has 0 aliphatic carbocycles. The predicted molar refractivity (Wildman–Crippen MR) is 109 cm³/mol. The Morgan fingerprint density at radius 3 is 2.46 bits per heavy atom. The lowest BCUT2D eigenvalue weighted by Gasteiger charge is -2.06. The number of aryl methyl sites for hydroxylation is 1. The first-order valence-electron chi connectivity index (χ1n) is 9.09. The Balaban J connectivity index is 1.71. The van der Waals surface area contributed by atoms with Crippen molar-refractivity contribution < 1.29 is 9.53 Å². The lowest BCUT2D eigenvalue weighted by atomic mass is 10.1. The summed E-state index contributed by atoms with van der Waals surface area (Å²) in [5.74, 6) is 0.560. The van der Waals surface area contributed by atoms with Crippen molar-refractivity contribution in [3.8, 4) is 17.0 Å². The quantitative estimate of drug-likeness (QED) is 0.569. The number of anilines is 1. The minimum absolute atomic E-state index is 0.228. The minimum Gasteiger partial charge on any atom is -0.493 e. The van der Waals surface area contributed by atoms with Crippen LogP contribution in [-0.2, 0) is 6.42 Å². The molecule has 0 spiro atoms. The normalized spacial score (nSPS) is 10.8. The van der Waals surface area contributed by atoms with E-state index in [-0.39, 0.29) is 11.9 Å². The molecule has 0 aliphatic heterocycles. The monoisotopic (exact) mass is 372 g/mol. The van der Waals surface area contributed by atoms with E-state index < -0.39 is 0 Å². The fourth-order valence-electron chi connectivity index (χ4n) is 3.04. The standard InChI is InChI=1S/C22H20N4O2/c1-3-15-9-11-17(12-10-15)21(27)24-22-23-20-19(28-2)14-13-18(26(20)25-22)16-7-5-4-6-8-16/h4-14H,3H2,1-2H3,(H,24,25,27). The maximum absolute atomic E-state index is 12.6. The van der Waals surface area contributed by atoms with E-state index in [1.165, 1.54) is 5.56 Å². The van der Waals surface area contributed by atoms with Gasteiger partial charge in [-0.15, -0.1) is 5.10 Å². The number of hydrogen-bond donors (Lipinski definition) is 1. The topological polar surface area (TPSA) is 68.5 Å². The van der Waals surface area contributed by atoms with Gasteiger partial charge in [-0.1, -0.05) is 49.4 Å². The van der Waals surface area contributed by atoms with Gasteiger partial charge in [-0.25, -0.2) is 4.52 Å². The van der Waals surface area contributed by atoms with E-state index in [2.05, 4.69) is 22.3 Å². The van der Waals surface area contributed by atoms with Crippen molar-refractivity contribution in [3.63, 3.8) is 0 Å². The van der Waals surface area contributed by atoms with Gasteiger partial charge >= 0.3 is 0 Å². The molecule has 0 atom stereocenters. The number of carbonyl (C=O) groups excluding carboxylic acids is 1. The number of ether oxygens (including phenoxy) is 1.